The van der Waals surface area contributed by atoms with E-state index < -0.39 is 0 Å². The third kappa shape index (κ3) is 3.96. The normalized spacial score (nSPS) is 26.5. The maximum absolute atomic E-state index is 11.8. The molecule has 0 aliphatic heterocycles. The summed E-state index contributed by atoms with van der Waals surface area (Å²) >= 11 is 0. The molecule has 0 radical (unpaired) electrons. The number of carbonyl (C=O) groups excluding carboxylic acids is 1. The number of esters is 1. The lowest BCUT2D eigenvalue weighted by Crippen LogP contribution is -2.34. The van der Waals surface area contributed by atoms with Crippen molar-refractivity contribution in [3.05, 3.63) is 0 Å². The molecule has 0 aromatic heterocycles. The van der Waals surface area contributed by atoms with E-state index in [-0.39, 0.29) is 36.9 Å². The second kappa shape index (κ2) is 7.67. The number of rotatable bonds is 6. The Hall–Kier alpha value is -0.610. The van der Waals surface area contributed by atoms with Crippen molar-refractivity contribution in [2.24, 2.45) is 17.8 Å². The molecule has 0 heterocycles. The van der Waals surface area contributed by atoms with E-state index in [0.717, 1.165) is 25.7 Å². The van der Waals surface area contributed by atoms with Crippen LogP contribution in [-0.2, 0) is 9.53 Å². The first kappa shape index (κ1) is 14.5. The van der Waals surface area contributed by atoms with Crippen LogP contribution in [0.4, 0.5) is 0 Å². The number of aliphatic hydroxyl groups is 2. The summed E-state index contributed by atoms with van der Waals surface area (Å²) in [6.45, 7) is 0.251. The van der Waals surface area contributed by atoms with Crippen molar-refractivity contribution in [2.75, 3.05) is 20.3 Å². The molecule has 1 aliphatic rings. The highest BCUT2D eigenvalue weighted by Gasteiger charge is 2.35. The molecule has 0 amide bonds. The van der Waals surface area contributed by atoms with Crippen LogP contribution in [0.15, 0.2) is 0 Å². The summed E-state index contributed by atoms with van der Waals surface area (Å²) in [6, 6.07) is 0. The summed E-state index contributed by atoms with van der Waals surface area (Å²) in [5.41, 5.74) is 0. The summed E-state index contributed by atoms with van der Waals surface area (Å²) in [5.74, 6) is 0.0766. The summed E-state index contributed by atoms with van der Waals surface area (Å²) in [7, 11) is 1.41. The highest BCUT2D eigenvalue weighted by molar-refractivity contribution is 5.72. The summed E-state index contributed by atoms with van der Waals surface area (Å²) < 4.78 is 4.85. The van der Waals surface area contributed by atoms with E-state index in [1.54, 1.807) is 0 Å². The third-order valence-electron chi connectivity index (χ3n) is 3.90. The molecule has 100 valence electrons. The van der Waals surface area contributed by atoms with Gasteiger partial charge in [-0.2, -0.15) is 0 Å². The minimum Gasteiger partial charge on any atom is -0.469 e. The predicted molar refractivity (Wildman–Crippen MR) is 64.4 cm³/mol. The van der Waals surface area contributed by atoms with Crippen molar-refractivity contribution in [3.63, 3.8) is 0 Å². The van der Waals surface area contributed by atoms with Gasteiger partial charge in [0, 0.05) is 13.2 Å². The molecule has 0 aromatic rings. The summed E-state index contributed by atoms with van der Waals surface area (Å²) in [5, 5.41) is 18.3. The fourth-order valence-electron chi connectivity index (χ4n) is 2.96. The Morgan fingerprint density at radius 1 is 1.35 bits per heavy atom. The molecular formula is C13H24O4. The van der Waals surface area contributed by atoms with Crippen molar-refractivity contribution >= 4 is 5.97 Å². The first-order chi connectivity index (χ1) is 8.24. The van der Waals surface area contributed by atoms with Gasteiger partial charge < -0.3 is 14.9 Å². The average Bonchev–Trinajstić information content (AvgIpc) is 2.39. The van der Waals surface area contributed by atoms with Gasteiger partial charge in [0.05, 0.1) is 13.0 Å². The van der Waals surface area contributed by atoms with Crippen molar-refractivity contribution in [1.82, 2.24) is 0 Å². The van der Waals surface area contributed by atoms with E-state index in [0.29, 0.717) is 12.8 Å². The van der Waals surface area contributed by atoms with Crippen molar-refractivity contribution in [2.45, 2.75) is 38.5 Å². The fourth-order valence-corrected chi connectivity index (χ4v) is 2.96. The molecule has 1 saturated carbocycles. The maximum Gasteiger partial charge on any atom is 0.308 e. The largest absolute Gasteiger partial charge is 0.469 e. The lowest BCUT2D eigenvalue weighted by atomic mass is 9.71. The molecule has 4 nitrogen and oxygen atoms in total. The van der Waals surface area contributed by atoms with E-state index in [9.17, 15) is 9.90 Å². The highest BCUT2D eigenvalue weighted by Crippen LogP contribution is 2.37. The topological polar surface area (TPSA) is 66.8 Å². The van der Waals surface area contributed by atoms with Gasteiger partial charge in [-0.1, -0.05) is 12.8 Å². The zero-order valence-electron chi connectivity index (χ0n) is 10.6. The van der Waals surface area contributed by atoms with E-state index in [1.165, 1.54) is 7.11 Å². The van der Waals surface area contributed by atoms with Gasteiger partial charge in [-0.3, -0.25) is 4.79 Å². The Labute approximate surface area is 103 Å². The number of carbonyl (C=O) groups is 1. The monoisotopic (exact) mass is 244 g/mol. The number of hydrogen-bond acceptors (Lipinski definition) is 4. The van der Waals surface area contributed by atoms with Crippen LogP contribution in [-0.4, -0.2) is 36.5 Å². The van der Waals surface area contributed by atoms with Crippen molar-refractivity contribution in [3.8, 4) is 0 Å². The summed E-state index contributed by atoms with van der Waals surface area (Å²) in [4.78, 5) is 11.8. The molecular weight excluding hydrogens is 220 g/mol. The van der Waals surface area contributed by atoms with Crippen molar-refractivity contribution < 1.29 is 19.7 Å². The first-order valence-corrected chi connectivity index (χ1v) is 6.54. The number of ether oxygens (including phenoxy) is 1. The molecule has 0 bridgehead atoms. The SMILES string of the molecule is COC(=O)[C@@H](CCCO)[C@@H]1CCCC[C@H]1CO. The second-order valence-electron chi connectivity index (χ2n) is 4.89. The molecule has 1 fully saturated rings. The van der Waals surface area contributed by atoms with Crippen LogP contribution in [0.3, 0.4) is 0 Å². The Balaban J connectivity index is 2.68. The van der Waals surface area contributed by atoms with Crippen molar-refractivity contribution in [1.29, 1.82) is 0 Å². The van der Waals surface area contributed by atoms with Gasteiger partial charge in [0.2, 0.25) is 0 Å². The molecule has 2 N–H and O–H groups in total. The molecule has 4 heteroatoms. The first-order valence-electron chi connectivity index (χ1n) is 6.54. The lowest BCUT2D eigenvalue weighted by Gasteiger charge is -2.35. The number of aliphatic hydroxyl groups excluding tert-OH is 2. The summed E-state index contributed by atoms with van der Waals surface area (Å²) in [6.07, 6.45) is 5.51. The van der Waals surface area contributed by atoms with E-state index in [1.807, 2.05) is 0 Å². The Morgan fingerprint density at radius 3 is 2.65 bits per heavy atom. The molecule has 0 aromatic carbocycles. The van der Waals surface area contributed by atoms with Crippen LogP contribution in [0.1, 0.15) is 38.5 Å². The minimum atomic E-state index is -0.191. The molecule has 0 spiro atoms. The zero-order valence-corrected chi connectivity index (χ0v) is 10.6. The Morgan fingerprint density at radius 2 is 2.06 bits per heavy atom. The van der Waals surface area contributed by atoms with E-state index >= 15 is 0 Å². The van der Waals surface area contributed by atoms with Crippen LogP contribution in [0, 0.1) is 17.8 Å². The van der Waals surface area contributed by atoms with Gasteiger partial charge in [-0.25, -0.2) is 0 Å². The molecule has 17 heavy (non-hydrogen) atoms. The van der Waals surface area contributed by atoms with E-state index in [2.05, 4.69) is 0 Å². The lowest BCUT2D eigenvalue weighted by molar-refractivity contribution is -0.149. The van der Waals surface area contributed by atoms with Gasteiger partial charge in [0.1, 0.15) is 0 Å². The Bertz CT molecular complexity index is 229. The van der Waals surface area contributed by atoms with Crippen LogP contribution in [0.5, 0.6) is 0 Å². The predicted octanol–water partition coefficient (Wildman–Crippen LogP) is 1.35. The fraction of sp³-hybridized carbons (Fsp3) is 0.923. The van der Waals surface area contributed by atoms with Gasteiger partial charge >= 0.3 is 5.97 Å². The van der Waals surface area contributed by atoms with Crippen LogP contribution in [0.25, 0.3) is 0 Å². The third-order valence-corrected chi connectivity index (χ3v) is 3.90. The zero-order chi connectivity index (χ0) is 12.7. The average molecular weight is 244 g/mol. The Kier molecular flexibility index (Phi) is 6.52. The number of methoxy groups -OCH3 is 1. The molecule has 0 unspecified atom stereocenters. The molecule has 1 rings (SSSR count). The smallest absolute Gasteiger partial charge is 0.308 e. The van der Waals surface area contributed by atoms with Crippen LogP contribution < -0.4 is 0 Å². The number of hydrogen-bond donors (Lipinski definition) is 2. The van der Waals surface area contributed by atoms with Gasteiger partial charge in [0.25, 0.3) is 0 Å². The van der Waals surface area contributed by atoms with E-state index in [4.69, 9.17) is 9.84 Å². The second-order valence-corrected chi connectivity index (χ2v) is 4.89. The molecule has 3 atom stereocenters. The van der Waals surface area contributed by atoms with Crippen LogP contribution in [0.2, 0.25) is 0 Å². The van der Waals surface area contributed by atoms with Gasteiger partial charge in [-0.15, -0.1) is 0 Å². The highest BCUT2D eigenvalue weighted by atomic mass is 16.5. The standard InChI is InChI=1S/C13H24O4/c1-17-13(16)12(7-4-8-14)11-6-3-2-5-10(11)9-15/h10-12,14-15H,2-9H2,1H3/t10-,11+,12-/m0/s1. The maximum atomic E-state index is 11.8. The minimum absolute atomic E-state index is 0.101. The van der Waals surface area contributed by atoms with Gasteiger partial charge in [-0.05, 0) is 37.5 Å². The molecule has 1 aliphatic carbocycles. The molecule has 0 saturated heterocycles. The van der Waals surface area contributed by atoms with Gasteiger partial charge in [0.15, 0.2) is 0 Å². The quantitative estimate of drug-likeness (QED) is 0.692. The van der Waals surface area contributed by atoms with Crippen LogP contribution >= 0.6 is 0 Å².